The summed E-state index contributed by atoms with van der Waals surface area (Å²) in [6.07, 6.45) is 1.45. The van der Waals surface area contributed by atoms with Gasteiger partial charge in [0.25, 0.3) is 0 Å². The molecular formula is C6H6NO. The second kappa shape index (κ2) is 1.82. The number of aromatic hydroxyl groups is 1. The standard InChI is InChI=1S/C6H6NO/c1-5-4-6(8)2-3-7-5/h3-4H,1H3,(H,7,8). The van der Waals surface area contributed by atoms with Gasteiger partial charge in [-0.3, -0.25) is 4.98 Å². The third-order valence-corrected chi connectivity index (χ3v) is 0.826. The maximum atomic E-state index is 8.72. The first kappa shape index (κ1) is 5.09. The van der Waals surface area contributed by atoms with Crippen molar-refractivity contribution in [3.8, 4) is 5.75 Å². The van der Waals surface area contributed by atoms with E-state index in [0.717, 1.165) is 5.69 Å². The number of hydrogen-bond acceptors (Lipinski definition) is 2. The molecule has 8 heavy (non-hydrogen) atoms. The minimum Gasteiger partial charge on any atom is -0.507 e. The number of aryl methyl sites for hydroxylation is 1. The number of pyridine rings is 1. The Morgan fingerprint density at radius 2 is 2.50 bits per heavy atom. The number of nitrogens with zero attached hydrogens (tertiary/aromatic N) is 1. The van der Waals surface area contributed by atoms with Crippen LogP contribution >= 0.6 is 0 Å². The van der Waals surface area contributed by atoms with Crippen molar-refractivity contribution in [2.24, 2.45) is 0 Å². The monoisotopic (exact) mass is 108 g/mol. The van der Waals surface area contributed by atoms with Crippen LogP contribution in [-0.2, 0) is 0 Å². The van der Waals surface area contributed by atoms with Gasteiger partial charge in [0.15, 0.2) is 0 Å². The lowest BCUT2D eigenvalue weighted by molar-refractivity contribution is 0.472. The molecular weight excluding hydrogens is 102 g/mol. The highest BCUT2D eigenvalue weighted by atomic mass is 16.3. The quantitative estimate of drug-likeness (QED) is 0.535. The van der Waals surface area contributed by atoms with E-state index in [1.165, 1.54) is 6.20 Å². The van der Waals surface area contributed by atoms with Gasteiger partial charge in [-0.15, -0.1) is 0 Å². The molecule has 0 aliphatic heterocycles. The number of rotatable bonds is 0. The van der Waals surface area contributed by atoms with E-state index < -0.39 is 0 Å². The van der Waals surface area contributed by atoms with E-state index in [9.17, 15) is 0 Å². The first-order valence-corrected chi connectivity index (χ1v) is 2.32. The van der Waals surface area contributed by atoms with Crippen LogP contribution in [0.15, 0.2) is 12.3 Å². The van der Waals surface area contributed by atoms with Gasteiger partial charge in [0, 0.05) is 24.0 Å². The summed E-state index contributed by atoms with van der Waals surface area (Å²) in [7, 11) is 0. The van der Waals surface area contributed by atoms with E-state index >= 15 is 0 Å². The molecule has 1 aromatic rings. The molecule has 1 heterocycles. The summed E-state index contributed by atoms with van der Waals surface area (Å²) in [6.45, 7) is 1.81. The molecule has 0 unspecified atom stereocenters. The normalized spacial score (nSPS) is 9.12. The van der Waals surface area contributed by atoms with Crippen LogP contribution in [0.25, 0.3) is 0 Å². The van der Waals surface area contributed by atoms with E-state index in [4.69, 9.17) is 5.11 Å². The molecule has 0 bridgehead atoms. The van der Waals surface area contributed by atoms with Crippen molar-refractivity contribution in [2.75, 3.05) is 0 Å². The molecule has 0 aliphatic rings. The van der Waals surface area contributed by atoms with E-state index in [1.807, 2.05) is 6.92 Å². The van der Waals surface area contributed by atoms with Crippen LogP contribution < -0.4 is 0 Å². The Bertz CT molecular complexity index is 168. The van der Waals surface area contributed by atoms with Crippen molar-refractivity contribution in [3.63, 3.8) is 0 Å². The fourth-order valence-electron chi connectivity index (χ4n) is 0.477. The van der Waals surface area contributed by atoms with Crippen LogP contribution in [0.1, 0.15) is 5.69 Å². The zero-order valence-electron chi connectivity index (χ0n) is 4.55. The van der Waals surface area contributed by atoms with E-state index in [1.54, 1.807) is 6.07 Å². The summed E-state index contributed by atoms with van der Waals surface area (Å²) in [5.41, 5.74) is 0.807. The van der Waals surface area contributed by atoms with Crippen molar-refractivity contribution in [3.05, 3.63) is 24.0 Å². The Morgan fingerprint density at radius 1 is 1.75 bits per heavy atom. The van der Waals surface area contributed by atoms with Gasteiger partial charge in [0.2, 0.25) is 0 Å². The van der Waals surface area contributed by atoms with Gasteiger partial charge in [-0.25, -0.2) is 0 Å². The van der Waals surface area contributed by atoms with E-state index in [-0.39, 0.29) is 5.75 Å². The Labute approximate surface area is 47.8 Å². The summed E-state index contributed by atoms with van der Waals surface area (Å²) >= 11 is 0. The fraction of sp³-hybridized carbons (Fsp3) is 0.167. The molecule has 41 valence electrons. The van der Waals surface area contributed by atoms with Crippen molar-refractivity contribution in [1.29, 1.82) is 0 Å². The lowest BCUT2D eigenvalue weighted by Gasteiger charge is -1.88. The van der Waals surface area contributed by atoms with Gasteiger partial charge in [0.05, 0.1) is 0 Å². The molecule has 0 atom stereocenters. The maximum absolute atomic E-state index is 8.72. The smallest absolute Gasteiger partial charge is 0.126 e. The molecule has 1 N–H and O–H groups in total. The molecule has 0 spiro atoms. The lowest BCUT2D eigenvalue weighted by atomic mass is 10.4. The SMILES string of the molecule is Cc1cc(O)[c]cn1. The average Bonchev–Trinajstić information content (AvgIpc) is 1.64. The average molecular weight is 108 g/mol. The molecule has 0 amide bonds. The molecule has 1 radical (unpaired) electrons. The molecule has 2 heteroatoms. The van der Waals surface area contributed by atoms with Crippen LogP contribution in [0.2, 0.25) is 0 Å². The van der Waals surface area contributed by atoms with Crippen LogP contribution in [-0.4, -0.2) is 10.1 Å². The van der Waals surface area contributed by atoms with Crippen LogP contribution in [0.3, 0.4) is 0 Å². The molecule has 1 rings (SSSR count). The number of hydrogen-bond donors (Lipinski definition) is 1. The third-order valence-electron chi connectivity index (χ3n) is 0.826. The molecule has 1 aromatic heterocycles. The zero-order valence-corrected chi connectivity index (χ0v) is 4.55. The topological polar surface area (TPSA) is 33.1 Å². The van der Waals surface area contributed by atoms with Crippen LogP contribution in [0.4, 0.5) is 0 Å². The zero-order chi connectivity index (χ0) is 5.98. The molecule has 0 saturated heterocycles. The van der Waals surface area contributed by atoms with Gasteiger partial charge >= 0.3 is 0 Å². The minimum atomic E-state index is 0.150. The first-order chi connectivity index (χ1) is 3.79. The van der Waals surface area contributed by atoms with Gasteiger partial charge in [-0.2, -0.15) is 0 Å². The summed E-state index contributed by atoms with van der Waals surface area (Å²) < 4.78 is 0. The maximum Gasteiger partial charge on any atom is 0.126 e. The van der Waals surface area contributed by atoms with Crippen molar-refractivity contribution < 1.29 is 5.11 Å². The van der Waals surface area contributed by atoms with E-state index in [2.05, 4.69) is 11.1 Å². The Hall–Kier alpha value is -1.05. The fourth-order valence-corrected chi connectivity index (χ4v) is 0.477. The van der Waals surface area contributed by atoms with Crippen molar-refractivity contribution in [2.45, 2.75) is 6.92 Å². The highest BCUT2D eigenvalue weighted by Gasteiger charge is 1.85. The highest BCUT2D eigenvalue weighted by Crippen LogP contribution is 2.04. The summed E-state index contributed by atoms with van der Waals surface area (Å²) in [6, 6.07) is 4.07. The van der Waals surface area contributed by atoms with Crippen molar-refractivity contribution >= 4 is 0 Å². The lowest BCUT2D eigenvalue weighted by Crippen LogP contribution is -1.75. The first-order valence-electron chi connectivity index (χ1n) is 2.32. The van der Waals surface area contributed by atoms with Crippen LogP contribution in [0.5, 0.6) is 5.75 Å². The van der Waals surface area contributed by atoms with Gasteiger partial charge in [-0.05, 0) is 6.92 Å². The van der Waals surface area contributed by atoms with Gasteiger partial charge in [0.1, 0.15) is 5.75 Å². The van der Waals surface area contributed by atoms with Crippen molar-refractivity contribution in [1.82, 2.24) is 4.98 Å². The molecule has 0 fully saturated rings. The summed E-state index contributed by atoms with van der Waals surface area (Å²) in [5.74, 6) is 0.150. The van der Waals surface area contributed by atoms with Crippen LogP contribution in [0, 0.1) is 13.0 Å². The second-order valence-corrected chi connectivity index (χ2v) is 1.57. The summed E-state index contributed by atoms with van der Waals surface area (Å²) in [4.78, 5) is 3.82. The predicted molar refractivity (Wildman–Crippen MR) is 29.5 cm³/mol. The predicted octanol–water partition coefficient (Wildman–Crippen LogP) is 0.896. The molecule has 2 nitrogen and oxygen atoms in total. The Morgan fingerprint density at radius 3 is 2.88 bits per heavy atom. The van der Waals surface area contributed by atoms with Gasteiger partial charge in [-0.1, -0.05) is 0 Å². The summed E-state index contributed by atoms with van der Waals surface area (Å²) in [5, 5.41) is 8.72. The minimum absolute atomic E-state index is 0.150. The van der Waals surface area contributed by atoms with Gasteiger partial charge < -0.3 is 5.11 Å². The third kappa shape index (κ3) is 0.964. The largest absolute Gasteiger partial charge is 0.507 e. The Balaban J connectivity index is 3.08. The van der Waals surface area contributed by atoms with E-state index in [0.29, 0.717) is 0 Å². The molecule has 0 aromatic carbocycles. The highest BCUT2D eigenvalue weighted by molar-refractivity contribution is 5.17. The molecule has 0 saturated carbocycles. The molecule has 0 aliphatic carbocycles. The second-order valence-electron chi connectivity index (χ2n) is 1.57. The Kier molecular flexibility index (Phi) is 1.16. The number of aromatic nitrogens is 1.